The number of allylic oxidation sites excluding steroid dienone is 2. The number of hydrogen-bond acceptors (Lipinski definition) is 3. The quantitative estimate of drug-likeness (QED) is 0.481. The molecule has 0 unspecified atom stereocenters. The van der Waals surface area contributed by atoms with Gasteiger partial charge in [-0.25, -0.2) is 0 Å². The second kappa shape index (κ2) is 3.85. The Morgan fingerprint density at radius 1 is 1.15 bits per heavy atom. The largest absolute Gasteiger partial charge is 0.504 e. The topological polar surface area (TPSA) is 60.7 Å². The zero-order valence-electron chi connectivity index (χ0n) is 7.36. The molecule has 0 atom stereocenters. The van der Waals surface area contributed by atoms with Crippen molar-refractivity contribution < 1.29 is 15.3 Å². The minimum Gasteiger partial charge on any atom is -0.504 e. The van der Waals surface area contributed by atoms with E-state index in [0.29, 0.717) is 6.42 Å². The van der Waals surface area contributed by atoms with Crippen LogP contribution in [0.4, 0.5) is 0 Å². The molecule has 0 bridgehead atoms. The SMILES string of the molecule is CC=CCc1cc(O)c(O)c(O)c1. The van der Waals surface area contributed by atoms with Crippen molar-refractivity contribution in [3.05, 3.63) is 29.8 Å². The molecular weight excluding hydrogens is 168 g/mol. The average molecular weight is 180 g/mol. The van der Waals surface area contributed by atoms with Crippen LogP contribution in [0.5, 0.6) is 17.2 Å². The number of benzene rings is 1. The van der Waals surface area contributed by atoms with Gasteiger partial charge in [-0.15, -0.1) is 0 Å². The lowest BCUT2D eigenvalue weighted by Gasteiger charge is -2.03. The van der Waals surface area contributed by atoms with Gasteiger partial charge in [-0.05, 0) is 31.0 Å². The smallest absolute Gasteiger partial charge is 0.200 e. The Labute approximate surface area is 76.6 Å². The van der Waals surface area contributed by atoms with E-state index in [9.17, 15) is 0 Å². The highest BCUT2D eigenvalue weighted by atomic mass is 16.3. The summed E-state index contributed by atoms with van der Waals surface area (Å²) in [5, 5.41) is 27.3. The first-order valence-electron chi connectivity index (χ1n) is 4.00. The van der Waals surface area contributed by atoms with Crippen molar-refractivity contribution in [1.29, 1.82) is 0 Å². The molecule has 0 radical (unpaired) electrons. The zero-order chi connectivity index (χ0) is 9.84. The van der Waals surface area contributed by atoms with E-state index in [0.717, 1.165) is 5.56 Å². The summed E-state index contributed by atoms with van der Waals surface area (Å²) in [4.78, 5) is 0. The van der Waals surface area contributed by atoms with E-state index in [1.807, 2.05) is 19.1 Å². The molecule has 1 aromatic carbocycles. The van der Waals surface area contributed by atoms with E-state index in [1.54, 1.807) is 0 Å². The predicted molar refractivity (Wildman–Crippen MR) is 50.0 cm³/mol. The first kappa shape index (κ1) is 9.45. The third kappa shape index (κ3) is 2.15. The molecule has 0 aliphatic carbocycles. The molecule has 1 aromatic rings. The maximum atomic E-state index is 9.15. The van der Waals surface area contributed by atoms with Crippen LogP contribution in [0, 0.1) is 0 Å². The van der Waals surface area contributed by atoms with Crippen molar-refractivity contribution in [2.24, 2.45) is 0 Å². The Morgan fingerprint density at radius 3 is 2.15 bits per heavy atom. The molecule has 1 rings (SSSR count). The summed E-state index contributed by atoms with van der Waals surface area (Å²) in [5.41, 5.74) is 0.755. The van der Waals surface area contributed by atoms with Crippen LogP contribution in [0.25, 0.3) is 0 Å². The summed E-state index contributed by atoms with van der Waals surface area (Å²) in [6, 6.07) is 2.85. The monoisotopic (exact) mass is 180 g/mol. The summed E-state index contributed by atoms with van der Waals surface area (Å²) in [6.07, 6.45) is 4.39. The average Bonchev–Trinajstić information content (AvgIpc) is 2.10. The molecule has 0 amide bonds. The molecule has 3 heteroatoms. The lowest BCUT2D eigenvalue weighted by Crippen LogP contribution is -1.81. The Balaban J connectivity index is 2.99. The summed E-state index contributed by atoms with van der Waals surface area (Å²) < 4.78 is 0. The van der Waals surface area contributed by atoms with Gasteiger partial charge >= 0.3 is 0 Å². The third-order valence-electron chi connectivity index (χ3n) is 1.72. The van der Waals surface area contributed by atoms with Crippen LogP contribution >= 0.6 is 0 Å². The lowest BCUT2D eigenvalue weighted by atomic mass is 10.1. The molecule has 0 aliphatic rings. The highest BCUT2D eigenvalue weighted by molar-refractivity contribution is 5.51. The minimum atomic E-state index is -0.468. The van der Waals surface area contributed by atoms with Crippen molar-refractivity contribution in [3.63, 3.8) is 0 Å². The third-order valence-corrected chi connectivity index (χ3v) is 1.72. The maximum absolute atomic E-state index is 9.15. The van der Waals surface area contributed by atoms with Gasteiger partial charge in [0, 0.05) is 0 Å². The highest BCUT2D eigenvalue weighted by Gasteiger charge is 2.06. The molecule has 0 heterocycles. The van der Waals surface area contributed by atoms with Crippen LogP contribution in [-0.4, -0.2) is 15.3 Å². The van der Waals surface area contributed by atoms with E-state index in [-0.39, 0.29) is 11.5 Å². The molecular formula is C10H12O3. The number of rotatable bonds is 2. The summed E-state index contributed by atoms with van der Waals surface area (Å²) in [5.74, 6) is -1.05. The number of aromatic hydroxyl groups is 3. The molecule has 3 nitrogen and oxygen atoms in total. The molecule has 13 heavy (non-hydrogen) atoms. The van der Waals surface area contributed by atoms with Gasteiger partial charge in [-0.2, -0.15) is 0 Å². The van der Waals surface area contributed by atoms with Gasteiger partial charge in [0.1, 0.15) is 0 Å². The summed E-state index contributed by atoms with van der Waals surface area (Å²) in [7, 11) is 0. The van der Waals surface area contributed by atoms with E-state index in [4.69, 9.17) is 15.3 Å². The van der Waals surface area contributed by atoms with Crippen LogP contribution in [0.1, 0.15) is 12.5 Å². The first-order chi connectivity index (χ1) is 6.15. The maximum Gasteiger partial charge on any atom is 0.200 e. The van der Waals surface area contributed by atoms with Crippen molar-refractivity contribution in [2.75, 3.05) is 0 Å². The Morgan fingerprint density at radius 2 is 1.69 bits per heavy atom. The fraction of sp³-hybridized carbons (Fsp3) is 0.200. The van der Waals surface area contributed by atoms with Gasteiger partial charge in [0.15, 0.2) is 17.2 Å². The Bertz CT molecular complexity index is 306. The first-order valence-corrected chi connectivity index (χ1v) is 4.00. The zero-order valence-corrected chi connectivity index (χ0v) is 7.36. The van der Waals surface area contributed by atoms with Gasteiger partial charge in [0.2, 0.25) is 0 Å². The van der Waals surface area contributed by atoms with Crippen LogP contribution in [0.3, 0.4) is 0 Å². The fourth-order valence-corrected chi connectivity index (χ4v) is 1.03. The molecule has 70 valence electrons. The second-order valence-electron chi connectivity index (χ2n) is 2.76. The molecule has 0 aromatic heterocycles. The van der Waals surface area contributed by atoms with Gasteiger partial charge in [0.05, 0.1) is 0 Å². The van der Waals surface area contributed by atoms with Gasteiger partial charge < -0.3 is 15.3 Å². The van der Waals surface area contributed by atoms with Crippen LogP contribution in [0.2, 0.25) is 0 Å². The molecule has 0 saturated heterocycles. The van der Waals surface area contributed by atoms with Gasteiger partial charge in [0.25, 0.3) is 0 Å². The number of phenolic OH excluding ortho intramolecular Hbond substituents is 3. The van der Waals surface area contributed by atoms with Gasteiger partial charge in [-0.3, -0.25) is 0 Å². The van der Waals surface area contributed by atoms with E-state index < -0.39 is 5.75 Å². The van der Waals surface area contributed by atoms with E-state index in [2.05, 4.69) is 0 Å². The minimum absolute atomic E-state index is 0.292. The standard InChI is InChI=1S/C10H12O3/c1-2-3-4-7-5-8(11)10(13)9(12)6-7/h2-3,5-6,11-13H,4H2,1H3. The van der Waals surface area contributed by atoms with Crippen molar-refractivity contribution >= 4 is 0 Å². The molecule has 0 saturated carbocycles. The fourth-order valence-electron chi connectivity index (χ4n) is 1.03. The lowest BCUT2D eigenvalue weighted by molar-refractivity contribution is 0.367. The van der Waals surface area contributed by atoms with E-state index >= 15 is 0 Å². The second-order valence-corrected chi connectivity index (χ2v) is 2.76. The number of phenols is 3. The summed E-state index contributed by atoms with van der Waals surface area (Å²) in [6.45, 7) is 1.89. The van der Waals surface area contributed by atoms with Crippen LogP contribution in [-0.2, 0) is 6.42 Å². The summed E-state index contributed by atoms with van der Waals surface area (Å²) >= 11 is 0. The van der Waals surface area contributed by atoms with Crippen molar-refractivity contribution in [3.8, 4) is 17.2 Å². The predicted octanol–water partition coefficient (Wildman–Crippen LogP) is 1.92. The van der Waals surface area contributed by atoms with Gasteiger partial charge in [-0.1, -0.05) is 12.2 Å². The van der Waals surface area contributed by atoms with Crippen molar-refractivity contribution in [2.45, 2.75) is 13.3 Å². The normalized spacial score (nSPS) is 10.8. The molecule has 0 spiro atoms. The molecule has 0 aliphatic heterocycles. The highest BCUT2D eigenvalue weighted by Crippen LogP contribution is 2.35. The Hall–Kier alpha value is -1.64. The van der Waals surface area contributed by atoms with Crippen molar-refractivity contribution in [1.82, 2.24) is 0 Å². The van der Waals surface area contributed by atoms with E-state index in [1.165, 1.54) is 12.1 Å². The molecule has 0 fully saturated rings. The molecule has 3 N–H and O–H groups in total. The van der Waals surface area contributed by atoms with Crippen LogP contribution < -0.4 is 0 Å². The van der Waals surface area contributed by atoms with Crippen LogP contribution in [0.15, 0.2) is 24.3 Å². The number of hydrogen-bond donors (Lipinski definition) is 3. The Kier molecular flexibility index (Phi) is 2.80.